The first-order valence-corrected chi connectivity index (χ1v) is 8.84. The maximum absolute atomic E-state index is 12.8. The summed E-state index contributed by atoms with van der Waals surface area (Å²) in [6, 6.07) is 0. The van der Waals surface area contributed by atoms with E-state index in [1.807, 2.05) is 12.2 Å². The Kier molecular flexibility index (Phi) is 6.62. The molecule has 5 heteroatoms. The highest BCUT2D eigenvalue weighted by atomic mass is 16.2. The second-order valence-electron chi connectivity index (χ2n) is 6.71. The fraction of sp³-hybridized carbons (Fsp3) is 0.500. The van der Waals surface area contributed by atoms with Crippen LogP contribution in [-0.4, -0.2) is 26.9 Å². The molecule has 2 rings (SSSR count). The van der Waals surface area contributed by atoms with Gasteiger partial charge in [-0.3, -0.25) is 9.59 Å². The highest BCUT2D eigenvalue weighted by molar-refractivity contribution is 6.19. The SMILES string of the molecule is CC(=O)CCCCC/C=C/CC1C(=O)C(C)=Cc2ncn(C)c2C1=O. The molecule has 0 N–H and O–H groups in total. The van der Waals surface area contributed by atoms with Gasteiger partial charge in [0.05, 0.1) is 17.9 Å². The maximum atomic E-state index is 12.8. The van der Waals surface area contributed by atoms with Crippen molar-refractivity contribution in [1.82, 2.24) is 9.55 Å². The summed E-state index contributed by atoms with van der Waals surface area (Å²) in [5.41, 5.74) is 1.66. The Hall–Kier alpha value is -2.30. The van der Waals surface area contributed by atoms with E-state index >= 15 is 0 Å². The number of carbonyl (C=O) groups is 3. The van der Waals surface area contributed by atoms with Crippen LogP contribution in [0, 0.1) is 5.92 Å². The summed E-state index contributed by atoms with van der Waals surface area (Å²) in [5.74, 6) is -0.700. The van der Waals surface area contributed by atoms with Gasteiger partial charge in [0.25, 0.3) is 0 Å². The van der Waals surface area contributed by atoms with Gasteiger partial charge in [-0.1, -0.05) is 18.6 Å². The number of carbonyl (C=O) groups excluding carboxylic acids is 3. The van der Waals surface area contributed by atoms with Crippen LogP contribution in [0.4, 0.5) is 0 Å². The van der Waals surface area contributed by atoms with Crippen LogP contribution in [0.2, 0.25) is 0 Å². The third-order valence-electron chi connectivity index (χ3n) is 4.51. The fourth-order valence-electron chi connectivity index (χ4n) is 3.07. The first-order valence-electron chi connectivity index (χ1n) is 8.84. The van der Waals surface area contributed by atoms with Gasteiger partial charge in [-0.2, -0.15) is 0 Å². The predicted molar refractivity (Wildman–Crippen MR) is 97.2 cm³/mol. The normalized spacial score (nSPS) is 17.6. The van der Waals surface area contributed by atoms with Crippen molar-refractivity contribution in [3.05, 3.63) is 35.4 Å². The van der Waals surface area contributed by atoms with E-state index in [2.05, 4.69) is 4.98 Å². The highest BCUT2D eigenvalue weighted by Crippen LogP contribution is 2.26. The number of aromatic nitrogens is 2. The Morgan fingerprint density at radius 3 is 2.68 bits per heavy atom. The topological polar surface area (TPSA) is 69.0 Å². The Balaban J connectivity index is 1.93. The van der Waals surface area contributed by atoms with Gasteiger partial charge in [0.1, 0.15) is 11.5 Å². The lowest BCUT2D eigenvalue weighted by Gasteiger charge is -2.11. The minimum Gasteiger partial charge on any atom is -0.331 e. The van der Waals surface area contributed by atoms with Crippen LogP contribution in [0.15, 0.2) is 24.1 Å². The summed E-state index contributed by atoms with van der Waals surface area (Å²) in [7, 11) is 1.77. The van der Waals surface area contributed by atoms with Gasteiger partial charge in [-0.15, -0.1) is 0 Å². The molecule has 0 aliphatic heterocycles. The molecule has 1 aliphatic carbocycles. The molecule has 1 aliphatic rings. The molecule has 1 aromatic heterocycles. The predicted octanol–water partition coefficient (Wildman–Crippen LogP) is 3.69. The maximum Gasteiger partial charge on any atom is 0.192 e. The number of ketones is 3. The largest absolute Gasteiger partial charge is 0.331 e. The molecule has 134 valence electrons. The summed E-state index contributed by atoms with van der Waals surface area (Å²) in [4.78, 5) is 40.4. The van der Waals surface area contributed by atoms with Crippen molar-refractivity contribution in [1.29, 1.82) is 0 Å². The van der Waals surface area contributed by atoms with E-state index in [0.717, 1.165) is 25.7 Å². The van der Waals surface area contributed by atoms with Crippen LogP contribution >= 0.6 is 0 Å². The van der Waals surface area contributed by atoms with Crippen molar-refractivity contribution in [3.63, 3.8) is 0 Å². The standard InChI is InChI=1S/C20H26N2O3/c1-14-12-17-18(22(3)13-21-17)20(25)16(19(14)24)11-9-7-5-4-6-8-10-15(2)23/h7,9,12-13,16H,4-6,8,10-11H2,1-3H3/b9-7+. The van der Waals surface area contributed by atoms with E-state index in [1.54, 1.807) is 37.9 Å². The molecule has 25 heavy (non-hydrogen) atoms. The number of fused-ring (bicyclic) bond motifs is 1. The summed E-state index contributed by atoms with van der Waals surface area (Å²) in [6.45, 7) is 3.36. The molecule has 0 bridgehead atoms. The average molecular weight is 342 g/mol. The molecule has 1 atom stereocenters. The number of allylic oxidation sites excluding steroid dienone is 3. The number of aryl methyl sites for hydroxylation is 1. The fourth-order valence-corrected chi connectivity index (χ4v) is 3.07. The molecular formula is C20H26N2O3. The number of hydrogen-bond donors (Lipinski definition) is 0. The molecular weight excluding hydrogens is 316 g/mol. The third kappa shape index (κ3) is 4.84. The Morgan fingerprint density at radius 2 is 1.96 bits per heavy atom. The Bertz CT molecular complexity index is 725. The number of nitrogens with zero attached hydrogens (tertiary/aromatic N) is 2. The van der Waals surface area contributed by atoms with E-state index in [9.17, 15) is 14.4 Å². The number of imidazole rings is 1. The van der Waals surface area contributed by atoms with Gasteiger partial charge >= 0.3 is 0 Å². The Labute approximate surface area is 148 Å². The molecule has 0 saturated heterocycles. The number of Topliss-reactive ketones (excluding diaryl/α,β-unsaturated/α-hetero) is 3. The monoisotopic (exact) mass is 342 g/mol. The van der Waals surface area contributed by atoms with Gasteiger partial charge in [-0.05, 0) is 51.2 Å². The van der Waals surface area contributed by atoms with Crippen molar-refractivity contribution in [3.8, 4) is 0 Å². The first-order chi connectivity index (χ1) is 11.9. The Morgan fingerprint density at radius 1 is 1.20 bits per heavy atom. The van der Waals surface area contributed by atoms with E-state index in [4.69, 9.17) is 0 Å². The lowest BCUT2D eigenvalue weighted by Crippen LogP contribution is -2.25. The third-order valence-corrected chi connectivity index (χ3v) is 4.51. The number of hydrogen-bond acceptors (Lipinski definition) is 4. The zero-order valence-electron chi connectivity index (χ0n) is 15.2. The highest BCUT2D eigenvalue weighted by Gasteiger charge is 2.33. The summed E-state index contributed by atoms with van der Waals surface area (Å²) < 4.78 is 1.69. The van der Waals surface area contributed by atoms with Gasteiger partial charge in [0.2, 0.25) is 0 Å². The van der Waals surface area contributed by atoms with Gasteiger partial charge in [0, 0.05) is 13.5 Å². The molecule has 0 radical (unpaired) electrons. The molecule has 5 nitrogen and oxygen atoms in total. The van der Waals surface area contributed by atoms with Crippen molar-refractivity contribution < 1.29 is 14.4 Å². The van der Waals surface area contributed by atoms with Gasteiger partial charge in [-0.25, -0.2) is 4.98 Å². The molecule has 1 heterocycles. The van der Waals surface area contributed by atoms with Crippen LogP contribution in [0.1, 0.15) is 68.6 Å². The van der Waals surface area contributed by atoms with E-state index in [-0.39, 0.29) is 17.3 Å². The second kappa shape index (κ2) is 8.70. The summed E-state index contributed by atoms with van der Waals surface area (Å²) >= 11 is 0. The van der Waals surface area contributed by atoms with Crippen LogP contribution in [0.5, 0.6) is 0 Å². The molecule has 0 fully saturated rings. The van der Waals surface area contributed by atoms with Crippen LogP contribution in [-0.2, 0) is 16.6 Å². The van der Waals surface area contributed by atoms with Crippen molar-refractivity contribution in [2.75, 3.05) is 0 Å². The van der Waals surface area contributed by atoms with E-state index < -0.39 is 5.92 Å². The minimum absolute atomic E-state index is 0.117. The second-order valence-corrected chi connectivity index (χ2v) is 6.71. The van der Waals surface area contributed by atoms with Gasteiger partial charge < -0.3 is 9.36 Å². The quantitative estimate of drug-likeness (QED) is 0.410. The molecule has 0 aromatic carbocycles. The lowest BCUT2D eigenvalue weighted by molar-refractivity contribution is -0.118. The van der Waals surface area contributed by atoms with Crippen molar-refractivity contribution in [2.45, 2.75) is 52.4 Å². The zero-order chi connectivity index (χ0) is 18.4. The zero-order valence-corrected chi connectivity index (χ0v) is 15.2. The average Bonchev–Trinajstić information content (AvgIpc) is 2.88. The molecule has 0 saturated carbocycles. The molecule has 0 amide bonds. The first kappa shape index (κ1) is 19.0. The van der Waals surface area contributed by atoms with Crippen LogP contribution in [0.3, 0.4) is 0 Å². The number of rotatable bonds is 8. The van der Waals surface area contributed by atoms with Gasteiger partial charge in [0.15, 0.2) is 11.6 Å². The van der Waals surface area contributed by atoms with Crippen LogP contribution in [0.25, 0.3) is 6.08 Å². The van der Waals surface area contributed by atoms with Crippen molar-refractivity contribution >= 4 is 23.4 Å². The van der Waals surface area contributed by atoms with E-state index in [1.165, 1.54) is 0 Å². The number of unbranched alkanes of at least 4 members (excludes halogenated alkanes) is 3. The summed E-state index contributed by atoms with van der Waals surface area (Å²) in [6.07, 6.45) is 12.2. The van der Waals surface area contributed by atoms with Crippen LogP contribution < -0.4 is 0 Å². The molecule has 1 unspecified atom stereocenters. The smallest absolute Gasteiger partial charge is 0.192 e. The van der Waals surface area contributed by atoms with E-state index in [0.29, 0.717) is 29.8 Å². The lowest BCUT2D eigenvalue weighted by atomic mass is 9.91. The minimum atomic E-state index is -0.665. The molecule has 0 spiro atoms. The molecule has 1 aromatic rings. The summed E-state index contributed by atoms with van der Waals surface area (Å²) in [5, 5.41) is 0. The van der Waals surface area contributed by atoms with Crippen molar-refractivity contribution in [2.24, 2.45) is 13.0 Å².